The minimum Gasteiger partial charge on any atom is -0.484 e. The molecule has 0 aromatic heterocycles. The monoisotopic (exact) mass is 430 g/mol. The molecule has 2 amide bonds. The van der Waals surface area contributed by atoms with Crippen LogP contribution in [-0.4, -0.2) is 18.4 Å². The predicted octanol–water partition coefficient (Wildman–Crippen LogP) is 2.78. The Bertz CT molecular complexity index is 677. The fraction of sp³-hybridized carbons (Fsp3) is 0.0667. The molecule has 22 heavy (non-hydrogen) atoms. The topological polar surface area (TPSA) is 67.4 Å². The normalized spacial score (nSPS) is 9.91. The van der Waals surface area contributed by atoms with E-state index < -0.39 is 11.8 Å². The summed E-state index contributed by atoms with van der Waals surface area (Å²) < 4.78 is 6.36. The average molecular weight is 431 g/mol. The molecule has 0 bridgehead atoms. The SMILES string of the molecule is O=C(COc1ccc(I)cc1)NNC(=O)c1ccccc1Cl. The van der Waals surface area contributed by atoms with E-state index in [1.807, 2.05) is 12.1 Å². The van der Waals surface area contributed by atoms with E-state index >= 15 is 0 Å². The lowest BCUT2D eigenvalue weighted by Gasteiger charge is -2.09. The van der Waals surface area contributed by atoms with Gasteiger partial charge in [0, 0.05) is 3.57 Å². The van der Waals surface area contributed by atoms with Gasteiger partial charge in [-0.2, -0.15) is 0 Å². The highest BCUT2D eigenvalue weighted by atomic mass is 127. The number of nitrogens with one attached hydrogen (secondary N) is 2. The molecule has 0 saturated heterocycles. The van der Waals surface area contributed by atoms with Gasteiger partial charge in [-0.05, 0) is 59.0 Å². The van der Waals surface area contributed by atoms with Crippen LogP contribution in [0.3, 0.4) is 0 Å². The van der Waals surface area contributed by atoms with E-state index in [9.17, 15) is 9.59 Å². The molecule has 2 N–H and O–H groups in total. The molecule has 0 spiro atoms. The zero-order chi connectivity index (χ0) is 15.9. The number of amides is 2. The van der Waals surface area contributed by atoms with Crippen molar-refractivity contribution in [2.45, 2.75) is 0 Å². The van der Waals surface area contributed by atoms with Crippen LogP contribution >= 0.6 is 34.2 Å². The Balaban J connectivity index is 1.79. The first-order chi connectivity index (χ1) is 10.6. The Kier molecular flexibility index (Phi) is 6.02. The average Bonchev–Trinajstić information content (AvgIpc) is 2.52. The fourth-order valence-corrected chi connectivity index (χ4v) is 2.14. The van der Waals surface area contributed by atoms with Gasteiger partial charge in [-0.1, -0.05) is 23.7 Å². The standard InChI is InChI=1S/C15H12ClIN2O3/c16-13-4-2-1-3-12(13)15(21)19-18-14(20)9-22-11-7-5-10(17)6-8-11/h1-8H,9H2,(H,18,20)(H,19,21). The smallest absolute Gasteiger partial charge is 0.276 e. The first-order valence-corrected chi connectivity index (χ1v) is 7.74. The van der Waals surface area contributed by atoms with Crippen LogP contribution in [-0.2, 0) is 4.79 Å². The molecule has 0 fully saturated rings. The second-order valence-electron chi connectivity index (χ2n) is 4.22. The third-order valence-electron chi connectivity index (χ3n) is 2.62. The van der Waals surface area contributed by atoms with Crippen molar-refractivity contribution >= 4 is 46.0 Å². The van der Waals surface area contributed by atoms with E-state index in [0.717, 1.165) is 3.57 Å². The van der Waals surface area contributed by atoms with Crippen LogP contribution in [0.2, 0.25) is 5.02 Å². The highest BCUT2D eigenvalue weighted by Gasteiger charge is 2.10. The van der Waals surface area contributed by atoms with Gasteiger partial charge in [0.2, 0.25) is 0 Å². The summed E-state index contributed by atoms with van der Waals surface area (Å²) >= 11 is 8.06. The molecule has 0 radical (unpaired) electrons. The van der Waals surface area contributed by atoms with Gasteiger partial charge in [0.1, 0.15) is 5.75 Å². The molecule has 7 heteroatoms. The van der Waals surface area contributed by atoms with Crippen LogP contribution in [0.25, 0.3) is 0 Å². The summed E-state index contributed by atoms with van der Waals surface area (Å²) in [5.41, 5.74) is 4.83. The van der Waals surface area contributed by atoms with Crippen LogP contribution in [0.4, 0.5) is 0 Å². The van der Waals surface area contributed by atoms with Gasteiger partial charge in [-0.15, -0.1) is 0 Å². The number of hydrazine groups is 1. The number of benzene rings is 2. The lowest BCUT2D eigenvalue weighted by atomic mass is 10.2. The van der Waals surface area contributed by atoms with Crippen LogP contribution < -0.4 is 15.6 Å². The summed E-state index contributed by atoms with van der Waals surface area (Å²) in [6, 6.07) is 13.8. The maximum atomic E-state index is 11.8. The molecular formula is C15H12ClIN2O3. The minimum atomic E-state index is -0.492. The molecule has 0 unspecified atom stereocenters. The molecule has 2 aromatic rings. The first kappa shape index (κ1) is 16.6. The van der Waals surface area contributed by atoms with E-state index in [0.29, 0.717) is 10.8 Å². The summed E-state index contributed by atoms with van der Waals surface area (Å²) in [5.74, 6) is -0.389. The molecule has 2 aromatic carbocycles. The van der Waals surface area contributed by atoms with Gasteiger partial charge in [0.25, 0.3) is 11.8 Å². The quantitative estimate of drug-likeness (QED) is 0.579. The van der Waals surface area contributed by atoms with Crippen LogP contribution in [0.5, 0.6) is 5.75 Å². The molecule has 0 aliphatic heterocycles. The molecular weight excluding hydrogens is 419 g/mol. The van der Waals surface area contributed by atoms with Crippen LogP contribution in [0.1, 0.15) is 10.4 Å². The highest BCUT2D eigenvalue weighted by Crippen LogP contribution is 2.14. The third kappa shape index (κ3) is 4.88. The van der Waals surface area contributed by atoms with Gasteiger partial charge in [-0.25, -0.2) is 0 Å². The van der Waals surface area contributed by atoms with E-state index in [1.54, 1.807) is 36.4 Å². The number of hydrogen-bond donors (Lipinski definition) is 2. The second kappa shape index (κ2) is 8.00. The Morgan fingerprint density at radius 3 is 2.41 bits per heavy atom. The van der Waals surface area contributed by atoms with Gasteiger partial charge < -0.3 is 4.74 Å². The van der Waals surface area contributed by atoms with Gasteiger partial charge >= 0.3 is 0 Å². The van der Waals surface area contributed by atoms with Gasteiger partial charge in [-0.3, -0.25) is 20.4 Å². The van der Waals surface area contributed by atoms with E-state index in [-0.39, 0.29) is 12.2 Å². The molecule has 0 heterocycles. The number of carbonyl (C=O) groups excluding carboxylic acids is 2. The molecule has 5 nitrogen and oxygen atoms in total. The second-order valence-corrected chi connectivity index (χ2v) is 5.88. The fourth-order valence-electron chi connectivity index (χ4n) is 1.55. The summed E-state index contributed by atoms with van der Waals surface area (Å²) in [7, 11) is 0. The minimum absolute atomic E-state index is 0.205. The third-order valence-corrected chi connectivity index (χ3v) is 3.67. The maximum Gasteiger partial charge on any atom is 0.276 e. The Morgan fingerprint density at radius 2 is 1.73 bits per heavy atom. The summed E-state index contributed by atoms with van der Waals surface area (Å²) in [6.45, 7) is -0.205. The Labute approximate surface area is 146 Å². The number of rotatable bonds is 4. The zero-order valence-electron chi connectivity index (χ0n) is 11.3. The van der Waals surface area contributed by atoms with E-state index in [4.69, 9.17) is 16.3 Å². The number of ether oxygens (including phenoxy) is 1. The zero-order valence-corrected chi connectivity index (χ0v) is 14.2. The van der Waals surface area contributed by atoms with Crippen molar-refractivity contribution in [3.8, 4) is 5.75 Å². The number of carbonyl (C=O) groups is 2. The van der Waals surface area contributed by atoms with Crippen molar-refractivity contribution < 1.29 is 14.3 Å². The summed E-state index contributed by atoms with van der Waals surface area (Å²) in [4.78, 5) is 23.4. The molecule has 0 saturated carbocycles. The lowest BCUT2D eigenvalue weighted by Crippen LogP contribution is -2.43. The summed E-state index contributed by atoms with van der Waals surface area (Å²) in [6.07, 6.45) is 0. The van der Waals surface area contributed by atoms with Crippen molar-refractivity contribution in [3.63, 3.8) is 0 Å². The maximum absolute atomic E-state index is 11.8. The molecule has 0 aliphatic rings. The first-order valence-electron chi connectivity index (χ1n) is 6.28. The highest BCUT2D eigenvalue weighted by molar-refractivity contribution is 14.1. The Morgan fingerprint density at radius 1 is 1.05 bits per heavy atom. The van der Waals surface area contributed by atoms with Crippen molar-refractivity contribution in [3.05, 3.63) is 62.7 Å². The molecule has 114 valence electrons. The molecule has 0 atom stereocenters. The van der Waals surface area contributed by atoms with Crippen molar-refractivity contribution in [1.29, 1.82) is 0 Å². The summed E-state index contributed by atoms with van der Waals surface area (Å²) in [5, 5.41) is 0.310. The van der Waals surface area contributed by atoms with Gasteiger partial charge in [0.05, 0.1) is 10.6 Å². The Hall–Kier alpha value is -1.80. The van der Waals surface area contributed by atoms with Crippen LogP contribution in [0, 0.1) is 3.57 Å². The number of hydrogen-bond acceptors (Lipinski definition) is 3. The van der Waals surface area contributed by atoms with Crippen molar-refractivity contribution in [2.75, 3.05) is 6.61 Å². The van der Waals surface area contributed by atoms with Crippen LogP contribution in [0.15, 0.2) is 48.5 Å². The molecule has 0 aliphatic carbocycles. The predicted molar refractivity (Wildman–Crippen MR) is 91.7 cm³/mol. The van der Waals surface area contributed by atoms with Crippen molar-refractivity contribution in [2.24, 2.45) is 0 Å². The number of halogens is 2. The van der Waals surface area contributed by atoms with Gasteiger partial charge in [0.15, 0.2) is 6.61 Å². The van der Waals surface area contributed by atoms with E-state index in [2.05, 4.69) is 33.4 Å². The van der Waals surface area contributed by atoms with Crippen molar-refractivity contribution in [1.82, 2.24) is 10.9 Å². The lowest BCUT2D eigenvalue weighted by molar-refractivity contribution is -0.123. The largest absolute Gasteiger partial charge is 0.484 e. The molecule has 2 rings (SSSR count). The van der Waals surface area contributed by atoms with E-state index in [1.165, 1.54) is 0 Å².